The molecule has 2 rings (SSSR count). The molecule has 1 atom stereocenters. The number of benzene rings is 1. The Morgan fingerprint density at radius 2 is 2.15 bits per heavy atom. The number of hydrogen-bond acceptors (Lipinski definition) is 2. The van der Waals surface area contributed by atoms with Crippen molar-refractivity contribution in [2.75, 3.05) is 11.9 Å². The van der Waals surface area contributed by atoms with Crippen molar-refractivity contribution in [1.29, 1.82) is 0 Å². The lowest BCUT2D eigenvalue weighted by molar-refractivity contribution is -0.138. The summed E-state index contributed by atoms with van der Waals surface area (Å²) in [6.07, 6.45) is -2.92. The van der Waals surface area contributed by atoms with Gasteiger partial charge in [-0.2, -0.15) is 13.2 Å². The summed E-state index contributed by atoms with van der Waals surface area (Å²) in [4.78, 5) is 12.1. The minimum atomic E-state index is -4.46. The second-order valence-corrected chi connectivity index (χ2v) is 5.86. The molecular weight excluding hydrogens is 337 g/mol. The molecular formula is C13H14BrF3N2O. The molecule has 1 aromatic carbocycles. The number of alkyl halides is 3. The van der Waals surface area contributed by atoms with Crippen LogP contribution in [0, 0.1) is 0 Å². The first kappa shape index (κ1) is 15.3. The first-order valence-corrected chi connectivity index (χ1v) is 6.95. The largest absolute Gasteiger partial charge is 0.417 e. The van der Waals surface area contributed by atoms with Gasteiger partial charge < -0.3 is 10.6 Å². The van der Waals surface area contributed by atoms with Crippen molar-refractivity contribution in [2.24, 2.45) is 0 Å². The second kappa shape index (κ2) is 5.37. The first-order chi connectivity index (χ1) is 9.22. The molecule has 1 amide bonds. The maximum Gasteiger partial charge on any atom is 0.417 e. The second-order valence-electron chi connectivity index (χ2n) is 5.01. The van der Waals surface area contributed by atoms with Gasteiger partial charge in [0, 0.05) is 10.2 Å². The van der Waals surface area contributed by atoms with Gasteiger partial charge in [0.15, 0.2) is 0 Å². The summed E-state index contributed by atoms with van der Waals surface area (Å²) in [6.45, 7) is 2.48. The molecule has 110 valence electrons. The van der Waals surface area contributed by atoms with Crippen LogP contribution in [0.3, 0.4) is 0 Å². The smallest absolute Gasteiger partial charge is 0.324 e. The Labute approximate surface area is 123 Å². The molecule has 1 saturated heterocycles. The average molecular weight is 351 g/mol. The van der Waals surface area contributed by atoms with Gasteiger partial charge in [-0.15, -0.1) is 0 Å². The van der Waals surface area contributed by atoms with E-state index in [0.717, 1.165) is 19.0 Å². The zero-order valence-electron chi connectivity index (χ0n) is 10.8. The molecule has 0 saturated carbocycles. The van der Waals surface area contributed by atoms with Crippen molar-refractivity contribution < 1.29 is 18.0 Å². The van der Waals surface area contributed by atoms with Gasteiger partial charge in [-0.25, -0.2) is 0 Å². The third-order valence-electron chi connectivity index (χ3n) is 3.40. The van der Waals surface area contributed by atoms with E-state index in [2.05, 4.69) is 26.6 Å². The highest BCUT2D eigenvalue weighted by Crippen LogP contribution is 2.36. The van der Waals surface area contributed by atoms with Gasteiger partial charge in [0.1, 0.15) is 0 Å². The molecule has 1 unspecified atom stereocenters. The summed E-state index contributed by atoms with van der Waals surface area (Å²) in [5.74, 6) is -0.314. The van der Waals surface area contributed by atoms with Gasteiger partial charge >= 0.3 is 6.18 Å². The molecule has 0 aromatic heterocycles. The monoisotopic (exact) mass is 350 g/mol. The lowest BCUT2D eigenvalue weighted by atomic mass is 9.99. The minimum absolute atomic E-state index is 0.0480. The fourth-order valence-corrected chi connectivity index (χ4v) is 2.65. The molecule has 0 radical (unpaired) electrons. The van der Waals surface area contributed by atoms with Crippen LogP contribution in [0.1, 0.15) is 25.3 Å². The van der Waals surface area contributed by atoms with Gasteiger partial charge in [-0.1, -0.05) is 15.9 Å². The number of halogens is 4. The van der Waals surface area contributed by atoms with Crippen molar-refractivity contribution >= 4 is 27.5 Å². The molecule has 1 fully saturated rings. The van der Waals surface area contributed by atoms with E-state index in [0.29, 0.717) is 6.42 Å². The Bertz CT molecular complexity index is 525. The molecule has 20 heavy (non-hydrogen) atoms. The Kier molecular flexibility index (Phi) is 4.11. The number of carbonyl (C=O) groups is 1. The average Bonchev–Trinajstić information content (AvgIpc) is 2.78. The third-order valence-corrected chi connectivity index (χ3v) is 4.09. The van der Waals surface area contributed by atoms with Crippen molar-refractivity contribution in [3.63, 3.8) is 0 Å². The number of carbonyl (C=O) groups excluding carboxylic acids is 1. The lowest BCUT2D eigenvalue weighted by Gasteiger charge is -2.23. The number of hydrogen-bond donors (Lipinski definition) is 2. The minimum Gasteiger partial charge on any atom is -0.324 e. The number of rotatable bonds is 2. The van der Waals surface area contributed by atoms with Gasteiger partial charge in [0.05, 0.1) is 11.1 Å². The van der Waals surface area contributed by atoms with Crippen LogP contribution in [0.15, 0.2) is 22.7 Å². The summed E-state index contributed by atoms with van der Waals surface area (Å²) in [5.41, 5.74) is -1.38. The zero-order chi connectivity index (χ0) is 15.0. The van der Waals surface area contributed by atoms with E-state index < -0.39 is 17.3 Å². The Balaban J connectivity index is 2.20. The van der Waals surface area contributed by atoms with E-state index >= 15 is 0 Å². The van der Waals surface area contributed by atoms with Crippen LogP contribution >= 0.6 is 15.9 Å². The molecule has 0 aliphatic carbocycles. The van der Waals surface area contributed by atoms with Crippen LogP contribution in [0.5, 0.6) is 0 Å². The van der Waals surface area contributed by atoms with E-state index in [-0.39, 0.29) is 16.1 Å². The van der Waals surface area contributed by atoms with E-state index in [9.17, 15) is 18.0 Å². The predicted molar refractivity (Wildman–Crippen MR) is 73.4 cm³/mol. The predicted octanol–water partition coefficient (Wildman–Crippen LogP) is 3.55. The fraction of sp³-hybridized carbons (Fsp3) is 0.462. The van der Waals surface area contributed by atoms with Crippen LogP contribution in [0.25, 0.3) is 0 Å². The zero-order valence-corrected chi connectivity index (χ0v) is 12.4. The standard InChI is InChI=1S/C13H14BrF3N2O/c1-12(5-2-6-18-12)11(20)19-8-3-4-10(14)9(7-8)13(15,16)17/h3-4,7,18H,2,5-6H2,1H3,(H,19,20). The van der Waals surface area contributed by atoms with E-state index in [4.69, 9.17) is 0 Å². The van der Waals surface area contributed by atoms with Crippen molar-refractivity contribution in [3.8, 4) is 0 Å². The highest BCUT2D eigenvalue weighted by molar-refractivity contribution is 9.10. The maximum atomic E-state index is 12.8. The fourth-order valence-electron chi connectivity index (χ4n) is 2.18. The first-order valence-electron chi connectivity index (χ1n) is 6.16. The molecule has 7 heteroatoms. The lowest BCUT2D eigenvalue weighted by Crippen LogP contribution is -2.47. The summed E-state index contributed by atoms with van der Waals surface area (Å²) in [7, 11) is 0. The summed E-state index contributed by atoms with van der Waals surface area (Å²) >= 11 is 2.86. The molecule has 2 N–H and O–H groups in total. The Morgan fingerprint density at radius 1 is 1.45 bits per heavy atom. The number of amides is 1. The van der Waals surface area contributed by atoms with Crippen LogP contribution in [-0.2, 0) is 11.0 Å². The summed E-state index contributed by atoms with van der Waals surface area (Å²) in [6, 6.07) is 3.65. The van der Waals surface area contributed by atoms with Gasteiger partial charge in [-0.05, 0) is 44.5 Å². The molecule has 1 aromatic rings. The molecule has 1 aliphatic heterocycles. The maximum absolute atomic E-state index is 12.8. The van der Waals surface area contributed by atoms with Gasteiger partial charge in [0.2, 0.25) is 5.91 Å². The molecule has 3 nitrogen and oxygen atoms in total. The molecule has 1 aliphatic rings. The topological polar surface area (TPSA) is 41.1 Å². The highest BCUT2D eigenvalue weighted by Gasteiger charge is 2.37. The SMILES string of the molecule is CC1(C(=O)Nc2ccc(Br)c(C(F)(F)F)c2)CCCN1. The van der Waals surface area contributed by atoms with Crippen molar-refractivity contribution in [2.45, 2.75) is 31.5 Å². The normalized spacial score (nSPS) is 22.9. The summed E-state index contributed by atoms with van der Waals surface area (Å²) in [5, 5.41) is 5.61. The molecule has 0 bridgehead atoms. The van der Waals surface area contributed by atoms with E-state index in [1.807, 2.05) is 0 Å². The highest BCUT2D eigenvalue weighted by atomic mass is 79.9. The number of anilines is 1. The Morgan fingerprint density at radius 3 is 2.70 bits per heavy atom. The van der Waals surface area contributed by atoms with Crippen LogP contribution in [0.2, 0.25) is 0 Å². The third kappa shape index (κ3) is 3.15. The van der Waals surface area contributed by atoms with Crippen molar-refractivity contribution in [1.82, 2.24) is 5.32 Å². The van der Waals surface area contributed by atoms with E-state index in [1.165, 1.54) is 12.1 Å². The summed E-state index contributed by atoms with van der Waals surface area (Å²) < 4.78 is 38.3. The molecule has 0 spiro atoms. The van der Waals surface area contributed by atoms with Gasteiger partial charge in [-0.3, -0.25) is 4.79 Å². The quantitative estimate of drug-likeness (QED) is 0.856. The molecule has 1 heterocycles. The Hall–Kier alpha value is -1.08. The van der Waals surface area contributed by atoms with Crippen LogP contribution < -0.4 is 10.6 Å². The number of nitrogens with one attached hydrogen (secondary N) is 2. The van der Waals surface area contributed by atoms with E-state index in [1.54, 1.807) is 6.92 Å². The van der Waals surface area contributed by atoms with Crippen LogP contribution in [-0.4, -0.2) is 18.0 Å². The van der Waals surface area contributed by atoms with Crippen LogP contribution in [0.4, 0.5) is 18.9 Å². The van der Waals surface area contributed by atoms with Gasteiger partial charge in [0.25, 0.3) is 0 Å². The van der Waals surface area contributed by atoms with Crippen molar-refractivity contribution in [3.05, 3.63) is 28.2 Å².